The molecule has 0 unspecified atom stereocenters. The average molecular weight is 239 g/mol. The number of nitrogens with zero attached hydrogens (tertiary/aromatic N) is 1. The minimum absolute atomic E-state index is 0.0119. The summed E-state index contributed by atoms with van der Waals surface area (Å²) in [6, 6.07) is 0. The largest absolute Gasteiger partial charge is 0.456 e. The van der Waals surface area contributed by atoms with Crippen LogP contribution in [-0.4, -0.2) is 34.6 Å². The van der Waals surface area contributed by atoms with Crippen LogP contribution < -0.4 is 0 Å². The highest BCUT2D eigenvalue weighted by Gasteiger charge is 2.50. The number of carbonyl (C=O) groups excluding carboxylic acids is 1. The van der Waals surface area contributed by atoms with Crippen molar-refractivity contribution >= 4 is 5.97 Å². The predicted molar refractivity (Wildman–Crippen MR) is 69.8 cm³/mol. The van der Waals surface area contributed by atoms with Crippen LogP contribution in [0.5, 0.6) is 0 Å². The van der Waals surface area contributed by atoms with E-state index in [4.69, 9.17) is 4.74 Å². The first-order valence-electron chi connectivity index (χ1n) is 6.12. The molecule has 3 nitrogen and oxygen atoms in total. The van der Waals surface area contributed by atoms with Gasteiger partial charge in [-0.25, -0.2) is 4.79 Å². The van der Waals surface area contributed by atoms with E-state index in [-0.39, 0.29) is 17.0 Å². The number of ether oxygens (including phenoxy) is 1. The molecule has 0 aromatic carbocycles. The van der Waals surface area contributed by atoms with Crippen molar-refractivity contribution in [1.82, 2.24) is 4.90 Å². The zero-order valence-electron chi connectivity index (χ0n) is 12.0. The van der Waals surface area contributed by atoms with Gasteiger partial charge in [0.1, 0.15) is 5.60 Å². The van der Waals surface area contributed by atoms with Crippen molar-refractivity contribution < 1.29 is 9.53 Å². The van der Waals surface area contributed by atoms with Gasteiger partial charge in [0.15, 0.2) is 0 Å². The van der Waals surface area contributed by atoms with Gasteiger partial charge in [-0.3, -0.25) is 4.90 Å². The molecule has 0 radical (unpaired) electrons. The second-order valence-corrected chi connectivity index (χ2v) is 6.61. The Morgan fingerprint density at radius 2 is 1.59 bits per heavy atom. The fraction of sp³-hybridized carbons (Fsp3) is 0.786. The molecule has 1 aliphatic heterocycles. The first kappa shape index (κ1) is 14.2. The molecule has 1 rings (SSSR count). The highest BCUT2D eigenvalue weighted by molar-refractivity contribution is 5.81. The summed E-state index contributed by atoms with van der Waals surface area (Å²) in [5.74, 6) is -0.330. The number of hydrogen-bond acceptors (Lipinski definition) is 3. The van der Waals surface area contributed by atoms with E-state index < -0.39 is 5.60 Å². The third kappa shape index (κ3) is 2.89. The molecule has 0 N–H and O–H groups in total. The van der Waals surface area contributed by atoms with Crippen molar-refractivity contribution in [1.29, 1.82) is 0 Å². The summed E-state index contributed by atoms with van der Waals surface area (Å²) < 4.78 is 5.56. The summed E-state index contributed by atoms with van der Waals surface area (Å²) in [7, 11) is 2.13. The van der Waals surface area contributed by atoms with E-state index in [2.05, 4.69) is 46.2 Å². The van der Waals surface area contributed by atoms with E-state index in [1.54, 1.807) is 0 Å². The van der Waals surface area contributed by atoms with Gasteiger partial charge in [-0.05, 0) is 41.7 Å². The molecule has 1 fully saturated rings. The third-order valence-corrected chi connectivity index (χ3v) is 3.94. The van der Waals surface area contributed by atoms with Crippen molar-refractivity contribution in [3.05, 3.63) is 12.7 Å². The summed E-state index contributed by atoms with van der Waals surface area (Å²) in [6.45, 7) is 14.2. The smallest absolute Gasteiger partial charge is 0.330 e. The van der Waals surface area contributed by atoms with E-state index in [0.29, 0.717) is 0 Å². The van der Waals surface area contributed by atoms with Crippen LogP contribution in [0.2, 0.25) is 0 Å². The van der Waals surface area contributed by atoms with Gasteiger partial charge < -0.3 is 4.74 Å². The zero-order valence-corrected chi connectivity index (χ0v) is 12.0. The van der Waals surface area contributed by atoms with Crippen LogP contribution in [0.1, 0.15) is 47.5 Å². The highest BCUT2D eigenvalue weighted by atomic mass is 16.6. The zero-order chi connectivity index (χ0) is 13.5. The molecule has 0 aromatic rings. The van der Waals surface area contributed by atoms with E-state index in [1.807, 2.05) is 6.92 Å². The Balaban J connectivity index is 2.97. The van der Waals surface area contributed by atoms with Crippen LogP contribution in [-0.2, 0) is 9.53 Å². The molecule has 1 saturated heterocycles. The number of esters is 1. The minimum Gasteiger partial charge on any atom is -0.456 e. The van der Waals surface area contributed by atoms with Crippen molar-refractivity contribution in [3.8, 4) is 0 Å². The Bertz CT molecular complexity index is 313. The van der Waals surface area contributed by atoms with E-state index >= 15 is 0 Å². The Labute approximate surface area is 105 Å². The molecule has 0 amide bonds. The maximum atomic E-state index is 11.4. The van der Waals surface area contributed by atoms with Crippen LogP contribution in [0.15, 0.2) is 12.7 Å². The lowest BCUT2D eigenvalue weighted by Gasteiger charge is -2.56. The second-order valence-electron chi connectivity index (χ2n) is 6.61. The highest BCUT2D eigenvalue weighted by Crippen LogP contribution is 2.43. The van der Waals surface area contributed by atoms with Gasteiger partial charge >= 0.3 is 5.97 Å². The van der Waals surface area contributed by atoms with Crippen molar-refractivity contribution in [2.75, 3.05) is 7.05 Å². The lowest BCUT2D eigenvalue weighted by Crippen LogP contribution is -2.63. The fourth-order valence-electron chi connectivity index (χ4n) is 3.31. The molecule has 0 atom stereocenters. The van der Waals surface area contributed by atoms with Gasteiger partial charge in [-0.2, -0.15) is 0 Å². The summed E-state index contributed by atoms with van der Waals surface area (Å²) in [5.41, 5.74) is -0.388. The van der Waals surface area contributed by atoms with Gasteiger partial charge in [-0.15, -0.1) is 0 Å². The van der Waals surface area contributed by atoms with Crippen LogP contribution in [0.25, 0.3) is 0 Å². The molecular formula is C14H25NO2. The van der Waals surface area contributed by atoms with Crippen molar-refractivity contribution in [2.24, 2.45) is 0 Å². The lowest BCUT2D eigenvalue weighted by atomic mass is 9.72. The molecule has 0 aliphatic carbocycles. The molecule has 0 saturated carbocycles. The van der Waals surface area contributed by atoms with Crippen LogP contribution in [0.4, 0.5) is 0 Å². The molecule has 17 heavy (non-hydrogen) atoms. The van der Waals surface area contributed by atoms with Gasteiger partial charge in [0.25, 0.3) is 0 Å². The number of carbonyl (C=O) groups is 1. The number of rotatable bonds is 2. The van der Waals surface area contributed by atoms with E-state index in [9.17, 15) is 4.79 Å². The van der Waals surface area contributed by atoms with Crippen LogP contribution in [0, 0.1) is 0 Å². The Hall–Kier alpha value is -0.830. The first-order chi connectivity index (χ1) is 7.52. The van der Waals surface area contributed by atoms with Gasteiger partial charge in [0.2, 0.25) is 0 Å². The predicted octanol–water partition coefficient (Wildman–Crippen LogP) is 2.76. The fourth-order valence-corrected chi connectivity index (χ4v) is 3.31. The molecule has 0 bridgehead atoms. The minimum atomic E-state index is -0.412. The van der Waals surface area contributed by atoms with Crippen LogP contribution >= 0.6 is 0 Å². The third-order valence-electron chi connectivity index (χ3n) is 3.94. The first-order valence-corrected chi connectivity index (χ1v) is 6.12. The van der Waals surface area contributed by atoms with Crippen LogP contribution in [0.3, 0.4) is 0 Å². The maximum absolute atomic E-state index is 11.4. The number of hydrogen-bond donors (Lipinski definition) is 0. The Kier molecular flexibility index (Phi) is 3.45. The van der Waals surface area contributed by atoms with Crippen molar-refractivity contribution in [2.45, 2.75) is 64.1 Å². The Morgan fingerprint density at radius 1 is 1.18 bits per heavy atom. The summed E-state index contributed by atoms with van der Waals surface area (Å²) in [4.78, 5) is 13.8. The second kappa shape index (κ2) is 4.13. The van der Waals surface area contributed by atoms with Gasteiger partial charge in [0.05, 0.1) is 0 Å². The SMILES string of the molecule is C=CC(=O)OC1(C)CC(C)(C)N(C)C(C)(C)C1. The number of likely N-dealkylation sites (tertiary alicyclic amines) is 1. The molecule has 1 aliphatic rings. The standard InChI is InChI=1S/C14H25NO2/c1-8-11(16)17-14(6)9-12(2,3)15(7)13(4,5)10-14/h8H,1,9-10H2,2-7H3. The average Bonchev–Trinajstić information content (AvgIpc) is 2.11. The quantitative estimate of drug-likeness (QED) is 0.548. The molecular weight excluding hydrogens is 214 g/mol. The summed E-state index contributed by atoms with van der Waals surface area (Å²) >= 11 is 0. The van der Waals surface area contributed by atoms with Gasteiger partial charge in [-0.1, -0.05) is 6.58 Å². The molecule has 3 heteroatoms. The molecule has 0 aromatic heterocycles. The molecule has 98 valence electrons. The monoisotopic (exact) mass is 239 g/mol. The summed E-state index contributed by atoms with van der Waals surface area (Å²) in [6.07, 6.45) is 2.91. The van der Waals surface area contributed by atoms with E-state index in [1.165, 1.54) is 6.08 Å². The normalized spacial score (nSPS) is 26.2. The number of piperidine rings is 1. The maximum Gasteiger partial charge on any atom is 0.330 e. The topological polar surface area (TPSA) is 29.5 Å². The Morgan fingerprint density at radius 3 is 1.94 bits per heavy atom. The molecule has 0 spiro atoms. The van der Waals surface area contributed by atoms with Crippen molar-refractivity contribution in [3.63, 3.8) is 0 Å². The lowest BCUT2D eigenvalue weighted by molar-refractivity contribution is -0.172. The van der Waals surface area contributed by atoms with E-state index in [0.717, 1.165) is 12.8 Å². The van der Waals surface area contributed by atoms with Gasteiger partial charge in [0, 0.05) is 30.0 Å². The summed E-state index contributed by atoms with van der Waals surface area (Å²) in [5, 5.41) is 0. The molecule has 1 heterocycles.